The van der Waals surface area contributed by atoms with Crippen LogP contribution < -0.4 is 15.5 Å². The molecule has 132 valence electrons. The van der Waals surface area contributed by atoms with Gasteiger partial charge in [-0.15, -0.1) is 0 Å². The largest absolute Gasteiger partial charge is 0.493 e. The van der Waals surface area contributed by atoms with Crippen molar-refractivity contribution in [2.45, 2.75) is 6.92 Å². The topological polar surface area (TPSA) is 108 Å². The predicted molar refractivity (Wildman–Crippen MR) is 90.3 cm³/mol. The Morgan fingerprint density at radius 2 is 2.20 bits per heavy atom. The van der Waals surface area contributed by atoms with E-state index >= 15 is 0 Å². The summed E-state index contributed by atoms with van der Waals surface area (Å²) in [4.78, 5) is 36.1. The molecule has 0 spiro atoms. The molecule has 0 bridgehead atoms. The number of carbonyl (C=O) groups excluding carboxylic acids is 3. The number of nitrogens with zero attached hydrogens (tertiary/aromatic N) is 1. The molecule has 8 nitrogen and oxygen atoms in total. The minimum atomic E-state index is -0.660. The maximum absolute atomic E-state index is 12.0. The van der Waals surface area contributed by atoms with Gasteiger partial charge in [0.1, 0.15) is 11.4 Å². The molecule has 3 amide bonds. The Kier molecular flexibility index (Phi) is 5.91. The number of amides is 3. The zero-order valence-electron chi connectivity index (χ0n) is 13.9. The summed E-state index contributed by atoms with van der Waals surface area (Å²) in [5.41, 5.74) is 3.04. The fraction of sp³-hybridized carbons (Fsp3) is 0.235. The summed E-state index contributed by atoms with van der Waals surface area (Å²) < 4.78 is 5.55. The van der Waals surface area contributed by atoms with E-state index < -0.39 is 5.91 Å². The molecule has 0 aliphatic carbocycles. The van der Waals surface area contributed by atoms with Gasteiger partial charge in [-0.05, 0) is 30.7 Å². The lowest BCUT2D eigenvalue weighted by Gasteiger charge is -2.25. The summed E-state index contributed by atoms with van der Waals surface area (Å²) >= 11 is 0. The van der Waals surface area contributed by atoms with Gasteiger partial charge in [-0.2, -0.15) is 0 Å². The molecular weight excluding hydrogens is 326 g/mol. The van der Waals surface area contributed by atoms with Crippen LogP contribution in [0.15, 0.2) is 30.0 Å². The number of hydrogen-bond donors (Lipinski definition) is 3. The molecule has 1 aromatic carbocycles. The Bertz CT molecular complexity index is 755. The van der Waals surface area contributed by atoms with Crippen molar-refractivity contribution in [3.63, 3.8) is 0 Å². The first kappa shape index (κ1) is 18.2. The standard InChI is InChI=1S/C17H19N3O5/c1-3-25-14-9-11(4-5-12(14)6-7-15(21)19-24)8-13-17(23)18-10-16(22)20(13)2/h4-9,24H,3,10H2,1-2H3,(H,18,23)(H,19,21)/b7-6+,13-8-. The summed E-state index contributed by atoms with van der Waals surface area (Å²) in [5, 5.41) is 11.0. The molecule has 0 unspecified atom stereocenters. The smallest absolute Gasteiger partial charge is 0.268 e. The highest BCUT2D eigenvalue weighted by atomic mass is 16.5. The van der Waals surface area contributed by atoms with Crippen molar-refractivity contribution in [1.29, 1.82) is 0 Å². The second-order valence-corrected chi connectivity index (χ2v) is 5.20. The highest BCUT2D eigenvalue weighted by Gasteiger charge is 2.25. The van der Waals surface area contributed by atoms with E-state index in [1.165, 1.54) is 16.5 Å². The van der Waals surface area contributed by atoms with E-state index in [1.807, 2.05) is 6.92 Å². The van der Waals surface area contributed by atoms with Crippen molar-refractivity contribution >= 4 is 29.9 Å². The summed E-state index contributed by atoms with van der Waals surface area (Å²) in [5.74, 6) is -0.689. The van der Waals surface area contributed by atoms with E-state index in [9.17, 15) is 14.4 Å². The Labute approximate surface area is 144 Å². The first-order chi connectivity index (χ1) is 12.0. The van der Waals surface area contributed by atoms with Gasteiger partial charge in [-0.1, -0.05) is 12.1 Å². The average Bonchev–Trinajstić information content (AvgIpc) is 2.61. The molecule has 3 N–H and O–H groups in total. The molecule has 25 heavy (non-hydrogen) atoms. The number of ether oxygens (including phenoxy) is 1. The highest BCUT2D eigenvalue weighted by Crippen LogP contribution is 2.24. The number of piperazine rings is 1. The number of hydrogen-bond acceptors (Lipinski definition) is 5. The average molecular weight is 345 g/mol. The third-order valence-corrected chi connectivity index (χ3v) is 3.53. The van der Waals surface area contributed by atoms with Gasteiger partial charge in [0.05, 0.1) is 13.2 Å². The summed E-state index contributed by atoms with van der Waals surface area (Å²) in [6.07, 6.45) is 4.25. The second kappa shape index (κ2) is 8.11. The number of benzene rings is 1. The van der Waals surface area contributed by atoms with E-state index in [0.717, 1.165) is 6.08 Å². The monoisotopic (exact) mass is 345 g/mol. The van der Waals surface area contributed by atoms with Crippen molar-refractivity contribution < 1.29 is 24.3 Å². The van der Waals surface area contributed by atoms with Crippen molar-refractivity contribution in [2.24, 2.45) is 0 Å². The molecule has 1 aliphatic heterocycles. The number of carbonyl (C=O) groups is 3. The van der Waals surface area contributed by atoms with Gasteiger partial charge >= 0.3 is 0 Å². The molecule has 0 atom stereocenters. The van der Waals surface area contributed by atoms with Crippen LogP contribution in [0.4, 0.5) is 0 Å². The zero-order chi connectivity index (χ0) is 18.4. The van der Waals surface area contributed by atoms with E-state index in [-0.39, 0.29) is 24.1 Å². The van der Waals surface area contributed by atoms with Gasteiger partial charge < -0.3 is 15.0 Å². The normalized spacial score (nSPS) is 16.3. The Balaban J connectivity index is 2.36. The lowest BCUT2D eigenvalue weighted by atomic mass is 10.1. The van der Waals surface area contributed by atoms with E-state index in [0.29, 0.717) is 23.5 Å². The van der Waals surface area contributed by atoms with Crippen LogP contribution in [0.2, 0.25) is 0 Å². The molecule has 0 radical (unpaired) electrons. The van der Waals surface area contributed by atoms with E-state index in [1.54, 1.807) is 31.3 Å². The van der Waals surface area contributed by atoms with Gasteiger partial charge in [-0.25, -0.2) is 5.48 Å². The van der Waals surface area contributed by atoms with Crippen LogP contribution in [0.1, 0.15) is 18.1 Å². The minimum Gasteiger partial charge on any atom is -0.493 e. The molecule has 1 aliphatic rings. The first-order valence-electron chi connectivity index (χ1n) is 7.61. The fourth-order valence-electron chi connectivity index (χ4n) is 2.23. The van der Waals surface area contributed by atoms with Gasteiger partial charge in [0, 0.05) is 18.7 Å². The number of hydroxylamine groups is 1. The molecule has 0 aromatic heterocycles. The number of likely N-dealkylation sites (N-methyl/N-ethyl adjacent to an activating group) is 1. The van der Waals surface area contributed by atoms with Crippen molar-refractivity contribution in [3.05, 3.63) is 41.1 Å². The van der Waals surface area contributed by atoms with Crippen LogP contribution >= 0.6 is 0 Å². The van der Waals surface area contributed by atoms with Crippen LogP contribution in [0.3, 0.4) is 0 Å². The molecule has 1 saturated heterocycles. The Hall–Kier alpha value is -3.13. The van der Waals surface area contributed by atoms with Crippen molar-refractivity contribution in [3.8, 4) is 5.75 Å². The van der Waals surface area contributed by atoms with Crippen LogP contribution in [-0.4, -0.2) is 48.0 Å². The molecule has 1 heterocycles. The number of rotatable bonds is 5. The minimum absolute atomic E-state index is 0.0203. The molecule has 1 fully saturated rings. The summed E-state index contributed by atoms with van der Waals surface area (Å²) in [7, 11) is 1.54. The van der Waals surface area contributed by atoms with Crippen LogP contribution in [0.5, 0.6) is 5.75 Å². The van der Waals surface area contributed by atoms with Crippen molar-refractivity contribution in [1.82, 2.24) is 15.7 Å². The van der Waals surface area contributed by atoms with Crippen LogP contribution in [0, 0.1) is 0 Å². The maximum atomic E-state index is 12.0. The summed E-state index contributed by atoms with van der Waals surface area (Å²) in [6, 6.07) is 5.14. The molecule has 8 heteroatoms. The number of nitrogens with one attached hydrogen (secondary N) is 2. The fourth-order valence-corrected chi connectivity index (χ4v) is 2.23. The molecule has 2 rings (SSSR count). The quantitative estimate of drug-likeness (QED) is 0.410. The maximum Gasteiger partial charge on any atom is 0.268 e. The zero-order valence-corrected chi connectivity index (χ0v) is 13.9. The van der Waals surface area contributed by atoms with Gasteiger partial charge in [0.15, 0.2) is 0 Å². The molecule has 0 saturated carbocycles. The van der Waals surface area contributed by atoms with Gasteiger partial charge in [0.25, 0.3) is 11.8 Å². The molecule has 1 aromatic rings. The second-order valence-electron chi connectivity index (χ2n) is 5.20. The van der Waals surface area contributed by atoms with E-state index in [4.69, 9.17) is 9.94 Å². The van der Waals surface area contributed by atoms with Crippen molar-refractivity contribution in [2.75, 3.05) is 20.2 Å². The Morgan fingerprint density at radius 3 is 2.88 bits per heavy atom. The SMILES string of the molecule is CCOc1cc(/C=C2/C(=O)NCC(=O)N2C)ccc1/C=C/C(=O)NO. The lowest BCUT2D eigenvalue weighted by molar-refractivity contribution is -0.135. The van der Waals surface area contributed by atoms with Crippen LogP contribution in [0.25, 0.3) is 12.2 Å². The molecular formula is C17H19N3O5. The van der Waals surface area contributed by atoms with Gasteiger partial charge in [0.2, 0.25) is 5.91 Å². The summed E-state index contributed by atoms with van der Waals surface area (Å²) in [6.45, 7) is 2.21. The highest BCUT2D eigenvalue weighted by molar-refractivity contribution is 6.05. The first-order valence-corrected chi connectivity index (χ1v) is 7.61. The predicted octanol–water partition coefficient (Wildman–Crippen LogP) is 0.533. The third-order valence-electron chi connectivity index (χ3n) is 3.53. The van der Waals surface area contributed by atoms with Crippen LogP contribution in [-0.2, 0) is 14.4 Å². The van der Waals surface area contributed by atoms with Gasteiger partial charge in [-0.3, -0.25) is 19.6 Å². The van der Waals surface area contributed by atoms with E-state index in [2.05, 4.69) is 5.32 Å². The third kappa shape index (κ3) is 4.45. The Morgan fingerprint density at radius 1 is 1.44 bits per heavy atom. The lowest BCUT2D eigenvalue weighted by Crippen LogP contribution is -2.47.